The first-order valence-corrected chi connectivity index (χ1v) is 6.03. The highest BCUT2D eigenvalue weighted by Crippen LogP contribution is 2.13. The highest BCUT2D eigenvalue weighted by atomic mass is 32.1. The smallest absolute Gasteiger partial charge is 0.326 e. The zero-order valence-corrected chi connectivity index (χ0v) is 10.7. The minimum absolute atomic E-state index is 0.402. The molecule has 1 rings (SSSR count). The van der Waals surface area contributed by atoms with Crippen LogP contribution in [-0.4, -0.2) is 36.1 Å². The van der Waals surface area contributed by atoms with Crippen LogP contribution in [0.4, 0.5) is 0 Å². The quantitative estimate of drug-likeness (QED) is 0.773. The van der Waals surface area contributed by atoms with E-state index in [0.717, 1.165) is 12.7 Å². The van der Waals surface area contributed by atoms with Crippen molar-refractivity contribution < 1.29 is 24.2 Å². The number of amides is 1. The van der Waals surface area contributed by atoms with Gasteiger partial charge in [-0.2, -0.15) is 11.3 Å². The third-order valence-corrected chi connectivity index (χ3v) is 3.16. The van der Waals surface area contributed by atoms with Crippen molar-refractivity contribution >= 4 is 29.2 Å². The molecule has 18 heavy (non-hydrogen) atoms. The Morgan fingerprint density at radius 1 is 1.44 bits per heavy atom. The predicted octanol–water partition coefficient (Wildman–Crippen LogP) is 0.803. The Bertz CT molecular complexity index is 468. The summed E-state index contributed by atoms with van der Waals surface area (Å²) in [5.74, 6) is -2.48. The van der Waals surface area contributed by atoms with Gasteiger partial charge < -0.3 is 15.2 Å². The maximum Gasteiger partial charge on any atom is 0.326 e. The number of hydrogen-bond donors (Lipinski definition) is 2. The maximum absolute atomic E-state index is 11.8. The van der Waals surface area contributed by atoms with E-state index in [1.54, 1.807) is 17.7 Å². The second kappa shape index (κ2) is 6.15. The molecule has 1 atom stereocenters. The fraction of sp³-hybridized carbons (Fsp3) is 0.364. The van der Waals surface area contributed by atoms with E-state index in [9.17, 15) is 14.4 Å². The van der Waals surface area contributed by atoms with Crippen molar-refractivity contribution in [3.63, 3.8) is 0 Å². The van der Waals surface area contributed by atoms with E-state index in [2.05, 4.69) is 10.1 Å². The summed E-state index contributed by atoms with van der Waals surface area (Å²) in [4.78, 5) is 33.7. The predicted molar refractivity (Wildman–Crippen MR) is 64.6 cm³/mol. The highest BCUT2D eigenvalue weighted by Gasteiger charge is 2.24. The zero-order chi connectivity index (χ0) is 13.7. The lowest BCUT2D eigenvalue weighted by Crippen LogP contribution is -2.42. The van der Waals surface area contributed by atoms with Crippen LogP contribution in [0.2, 0.25) is 0 Å². The molecule has 0 aliphatic heterocycles. The van der Waals surface area contributed by atoms with Gasteiger partial charge in [-0.1, -0.05) is 0 Å². The Kier molecular flexibility index (Phi) is 4.85. The largest absolute Gasteiger partial charge is 0.480 e. The van der Waals surface area contributed by atoms with E-state index >= 15 is 0 Å². The number of rotatable bonds is 5. The van der Waals surface area contributed by atoms with Gasteiger partial charge in [0.15, 0.2) is 0 Å². The Hall–Kier alpha value is -1.89. The van der Waals surface area contributed by atoms with Crippen LogP contribution in [0.15, 0.2) is 10.8 Å². The number of aryl methyl sites for hydroxylation is 1. The van der Waals surface area contributed by atoms with Gasteiger partial charge in [-0.05, 0) is 17.9 Å². The Labute approximate surface area is 108 Å². The third kappa shape index (κ3) is 3.56. The van der Waals surface area contributed by atoms with Gasteiger partial charge in [0.1, 0.15) is 6.04 Å². The van der Waals surface area contributed by atoms with Gasteiger partial charge in [0.25, 0.3) is 5.91 Å². The molecule has 98 valence electrons. The van der Waals surface area contributed by atoms with Crippen LogP contribution >= 0.6 is 11.3 Å². The molecule has 6 nitrogen and oxygen atoms in total. The number of esters is 1. The van der Waals surface area contributed by atoms with Crippen molar-refractivity contribution in [2.45, 2.75) is 19.4 Å². The number of carbonyl (C=O) groups excluding carboxylic acids is 2. The van der Waals surface area contributed by atoms with Crippen molar-refractivity contribution in [3.8, 4) is 0 Å². The van der Waals surface area contributed by atoms with Crippen LogP contribution in [0.3, 0.4) is 0 Å². The van der Waals surface area contributed by atoms with Crippen LogP contribution in [0.25, 0.3) is 0 Å². The van der Waals surface area contributed by atoms with Gasteiger partial charge in [-0.25, -0.2) is 4.79 Å². The molecule has 1 aromatic rings. The fourth-order valence-electron chi connectivity index (χ4n) is 1.28. The van der Waals surface area contributed by atoms with E-state index in [1.807, 2.05) is 0 Å². The normalized spacial score (nSPS) is 11.7. The molecule has 0 aliphatic carbocycles. The number of thiophene rings is 1. The first kappa shape index (κ1) is 14.2. The lowest BCUT2D eigenvalue weighted by molar-refractivity contribution is -0.147. The summed E-state index contributed by atoms with van der Waals surface area (Å²) < 4.78 is 4.38. The number of carboxylic acids is 1. The van der Waals surface area contributed by atoms with Crippen molar-refractivity contribution in [3.05, 3.63) is 21.9 Å². The Morgan fingerprint density at radius 3 is 2.56 bits per heavy atom. The van der Waals surface area contributed by atoms with Crippen LogP contribution in [-0.2, 0) is 14.3 Å². The summed E-state index contributed by atoms with van der Waals surface area (Å²) >= 11 is 1.35. The molecule has 0 fully saturated rings. The van der Waals surface area contributed by atoms with Gasteiger partial charge in [-0.3, -0.25) is 9.59 Å². The number of methoxy groups -OCH3 is 1. The van der Waals surface area contributed by atoms with Gasteiger partial charge in [0.05, 0.1) is 19.1 Å². The molecule has 0 saturated carbocycles. The maximum atomic E-state index is 11.8. The number of ether oxygens (including phenoxy) is 1. The van der Waals surface area contributed by atoms with Crippen molar-refractivity contribution in [1.29, 1.82) is 0 Å². The highest BCUT2D eigenvalue weighted by molar-refractivity contribution is 7.08. The Balaban J connectivity index is 2.73. The van der Waals surface area contributed by atoms with E-state index in [1.165, 1.54) is 11.3 Å². The molecule has 0 aromatic carbocycles. The lowest BCUT2D eigenvalue weighted by Gasteiger charge is -2.13. The van der Waals surface area contributed by atoms with E-state index < -0.39 is 30.3 Å². The molecule has 0 unspecified atom stereocenters. The molecule has 1 aromatic heterocycles. The number of nitrogens with one attached hydrogen (secondary N) is 1. The number of hydrogen-bond acceptors (Lipinski definition) is 5. The third-order valence-electron chi connectivity index (χ3n) is 2.30. The summed E-state index contributed by atoms with van der Waals surface area (Å²) in [6.07, 6.45) is -0.402. The van der Waals surface area contributed by atoms with Crippen molar-refractivity contribution in [1.82, 2.24) is 5.32 Å². The molecule has 0 saturated heterocycles. The van der Waals surface area contributed by atoms with Crippen LogP contribution < -0.4 is 5.32 Å². The molecular formula is C11H13NO5S. The molecule has 0 aliphatic rings. The second-order valence-electron chi connectivity index (χ2n) is 3.61. The molecule has 1 amide bonds. The van der Waals surface area contributed by atoms with Crippen molar-refractivity contribution in [2.75, 3.05) is 7.11 Å². The SMILES string of the molecule is COC(=O)C[C@H](NC(=O)c1cscc1C)C(=O)O. The van der Waals surface area contributed by atoms with Gasteiger partial charge in [-0.15, -0.1) is 0 Å². The van der Waals surface area contributed by atoms with E-state index in [-0.39, 0.29) is 0 Å². The van der Waals surface area contributed by atoms with Crippen LogP contribution in [0.5, 0.6) is 0 Å². The molecule has 0 spiro atoms. The molecule has 1 heterocycles. The van der Waals surface area contributed by atoms with Gasteiger partial charge in [0.2, 0.25) is 0 Å². The lowest BCUT2D eigenvalue weighted by atomic mass is 10.1. The monoisotopic (exact) mass is 271 g/mol. The summed E-state index contributed by atoms with van der Waals surface area (Å²) in [5.41, 5.74) is 1.18. The van der Waals surface area contributed by atoms with Crippen molar-refractivity contribution in [2.24, 2.45) is 0 Å². The van der Waals surface area contributed by atoms with Gasteiger partial charge >= 0.3 is 11.9 Å². The fourth-order valence-corrected chi connectivity index (χ4v) is 2.11. The number of aliphatic carboxylic acids is 1. The summed E-state index contributed by atoms with van der Waals surface area (Å²) in [7, 11) is 1.16. The molecule has 0 radical (unpaired) electrons. The molecule has 2 N–H and O–H groups in total. The zero-order valence-electron chi connectivity index (χ0n) is 9.93. The van der Waals surface area contributed by atoms with Crippen LogP contribution in [0, 0.1) is 6.92 Å². The second-order valence-corrected chi connectivity index (χ2v) is 4.36. The molecule has 7 heteroatoms. The average molecular weight is 271 g/mol. The summed E-state index contributed by atoms with van der Waals surface area (Å²) in [6, 6.07) is -1.29. The molecule has 0 bridgehead atoms. The topological polar surface area (TPSA) is 92.7 Å². The number of carbonyl (C=O) groups is 3. The van der Waals surface area contributed by atoms with Crippen LogP contribution in [0.1, 0.15) is 22.3 Å². The minimum Gasteiger partial charge on any atom is -0.480 e. The number of carboxylic acid groups (broad SMARTS) is 1. The first-order valence-electron chi connectivity index (χ1n) is 5.09. The first-order chi connectivity index (χ1) is 8.45. The average Bonchev–Trinajstić information content (AvgIpc) is 2.74. The minimum atomic E-state index is -1.29. The summed E-state index contributed by atoms with van der Waals surface area (Å²) in [5, 5.41) is 14.6. The Morgan fingerprint density at radius 2 is 2.11 bits per heavy atom. The standard InChI is InChI=1S/C11H13NO5S/c1-6-4-18-5-7(6)10(14)12-8(11(15)16)3-9(13)17-2/h4-5,8H,3H2,1-2H3,(H,12,14)(H,15,16)/t8-/m0/s1. The van der Waals surface area contributed by atoms with E-state index in [0.29, 0.717) is 5.56 Å². The summed E-state index contributed by atoms with van der Waals surface area (Å²) in [6.45, 7) is 1.75. The van der Waals surface area contributed by atoms with Gasteiger partial charge in [0, 0.05) is 5.38 Å². The van der Waals surface area contributed by atoms with E-state index in [4.69, 9.17) is 5.11 Å². The molecular weight excluding hydrogens is 258 g/mol.